The minimum absolute atomic E-state index is 0.0144. The van der Waals surface area contributed by atoms with Crippen LogP contribution in [-0.2, 0) is 9.59 Å². The van der Waals surface area contributed by atoms with Crippen LogP contribution in [-0.4, -0.2) is 40.5 Å². The molecule has 10 nitrogen and oxygen atoms in total. The average molecular weight is 497 g/mol. The molecule has 1 aliphatic heterocycles. The Kier molecular flexibility index (Phi) is 6.64. The molecule has 0 atom stereocenters. The molecule has 1 fully saturated rings. The number of ether oxygens (including phenoxy) is 1. The third-order valence-electron chi connectivity index (χ3n) is 4.88. The number of anilines is 1. The van der Waals surface area contributed by atoms with Crippen molar-refractivity contribution in [2.75, 3.05) is 19.0 Å². The van der Waals surface area contributed by atoms with E-state index in [4.69, 9.17) is 9.15 Å². The Morgan fingerprint density at radius 3 is 2.71 bits per heavy atom. The van der Waals surface area contributed by atoms with Crippen molar-refractivity contribution in [2.45, 2.75) is 0 Å². The molecule has 4 rings (SSSR count). The lowest BCUT2D eigenvalue weighted by Crippen LogP contribution is -2.36. The van der Waals surface area contributed by atoms with E-state index in [1.165, 1.54) is 61.7 Å². The number of non-ortho nitro benzene ring substituents is 1. The molecular weight excluding hydrogens is 481 g/mol. The van der Waals surface area contributed by atoms with Crippen LogP contribution >= 0.6 is 11.8 Å². The summed E-state index contributed by atoms with van der Waals surface area (Å²) in [6, 6.07) is 12.6. The molecule has 0 saturated carbocycles. The number of halogens is 1. The molecule has 12 heteroatoms. The van der Waals surface area contributed by atoms with Gasteiger partial charge in [-0.2, -0.15) is 0 Å². The Morgan fingerprint density at radius 1 is 1.23 bits per heavy atom. The van der Waals surface area contributed by atoms with Gasteiger partial charge >= 0.3 is 0 Å². The van der Waals surface area contributed by atoms with Gasteiger partial charge in [0.1, 0.15) is 29.6 Å². The molecule has 1 aromatic heterocycles. The fraction of sp³-hybridized carbons (Fsp3) is 0.0870. The Bertz CT molecular complexity index is 1380. The number of imide groups is 1. The maximum Gasteiger partial charge on any atom is 0.294 e. The van der Waals surface area contributed by atoms with Crippen molar-refractivity contribution < 1.29 is 32.9 Å². The van der Waals surface area contributed by atoms with Gasteiger partial charge in [0.2, 0.25) is 5.91 Å². The van der Waals surface area contributed by atoms with E-state index in [0.717, 1.165) is 4.90 Å². The highest BCUT2D eigenvalue weighted by Gasteiger charge is 2.36. The molecule has 0 unspecified atom stereocenters. The smallest absolute Gasteiger partial charge is 0.294 e. The van der Waals surface area contributed by atoms with Crippen molar-refractivity contribution in [3.63, 3.8) is 0 Å². The van der Waals surface area contributed by atoms with E-state index in [0.29, 0.717) is 23.1 Å². The number of rotatable bonds is 7. The summed E-state index contributed by atoms with van der Waals surface area (Å²) in [7, 11) is 1.41. The third-order valence-corrected chi connectivity index (χ3v) is 5.79. The summed E-state index contributed by atoms with van der Waals surface area (Å²) in [5.41, 5.74) is 0.104. The van der Waals surface area contributed by atoms with Crippen LogP contribution in [0, 0.1) is 15.9 Å². The summed E-state index contributed by atoms with van der Waals surface area (Å²) < 4.78 is 24.7. The molecule has 0 radical (unpaired) electrons. The Hall–Kier alpha value is -4.45. The second-order valence-electron chi connectivity index (χ2n) is 7.14. The summed E-state index contributed by atoms with van der Waals surface area (Å²) in [6.07, 6.45) is 1.33. The van der Waals surface area contributed by atoms with Crippen LogP contribution in [0.5, 0.6) is 5.75 Å². The second-order valence-corrected chi connectivity index (χ2v) is 8.13. The SMILES string of the molecule is COc1ccc([N+](=O)[O-])cc1-c1ccc(C=C2SC(=O)N(CC(=O)Nc3ccccc3F)C2=O)o1. The molecule has 1 aliphatic rings. The number of nitro benzene ring substituents is 1. The number of hydrogen-bond acceptors (Lipinski definition) is 8. The molecule has 3 aromatic rings. The monoisotopic (exact) mass is 497 g/mol. The van der Waals surface area contributed by atoms with Crippen molar-refractivity contribution in [1.29, 1.82) is 0 Å². The zero-order chi connectivity index (χ0) is 25.1. The first-order valence-corrected chi connectivity index (χ1v) is 10.8. The van der Waals surface area contributed by atoms with Crippen molar-refractivity contribution in [1.82, 2.24) is 4.90 Å². The van der Waals surface area contributed by atoms with Crippen molar-refractivity contribution in [3.05, 3.63) is 81.2 Å². The van der Waals surface area contributed by atoms with Crippen LogP contribution in [0.25, 0.3) is 17.4 Å². The zero-order valence-electron chi connectivity index (χ0n) is 18.0. The first-order chi connectivity index (χ1) is 16.8. The van der Waals surface area contributed by atoms with Crippen LogP contribution in [0.1, 0.15) is 5.76 Å². The van der Waals surface area contributed by atoms with Crippen LogP contribution in [0.15, 0.2) is 63.9 Å². The highest BCUT2D eigenvalue weighted by atomic mass is 32.2. The van der Waals surface area contributed by atoms with Gasteiger partial charge < -0.3 is 14.5 Å². The number of nitrogens with one attached hydrogen (secondary N) is 1. The van der Waals surface area contributed by atoms with E-state index in [1.54, 1.807) is 6.07 Å². The zero-order valence-corrected chi connectivity index (χ0v) is 18.8. The van der Waals surface area contributed by atoms with Gasteiger partial charge in [0.25, 0.3) is 16.8 Å². The maximum absolute atomic E-state index is 13.7. The molecule has 1 saturated heterocycles. The number of hydrogen-bond donors (Lipinski definition) is 1. The predicted octanol–water partition coefficient (Wildman–Crippen LogP) is 4.68. The number of amides is 3. The standard InChI is InChI=1S/C23H16FN3O7S/c1-33-18-8-6-13(27(31)32)10-15(18)19-9-7-14(34-19)11-20-22(29)26(23(30)35-20)12-21(28)25-17-5-3-2-4-16(17)24/h2-11H,12H2,1H3,(H,25,28). The topological polar surface area (TPSA) is 132 Å². The van der Waals surface area contributed by atoms with E-state index < -0.39 is 34.3 Å². The summed E-state index contributed by atoms with van der Waals surface area (Å²) >= 11 is 0.618. The Balaban J connectivity index is 1.51. The normalized spacial score (nSPS) is 14.5. The van der Waals surface area contributed by atoms with Gasteiger partial charge in [-0.25, -0.2) is 4.39 Å². The number of para-hydroxylation sites is 1. The Morgan fingerprint density at radius 2 is 2.00 bits per heavy atom. The van der Waals surface area contributed by atoms with Gasteiger partial charge in [0.15, 0.2) is 0 Å². The van der Waals surface area contributed by atoms with Gasteiger partial charge in [0, 0.05) is 18.2 Å². The fourth-order valence-corrected chi connectivity index (χ4v) is 4.06. The first-order valence-electron chi connectivity index (χ1n) is 9.99. The van der Waals surface area contributed by atoms with Crippen LogP contribution in [0.4, 0.5) is 20.6 Å². The number of carbonyl (C=O) groups excluding carboxylic acids is 3. The number of furan rings is 1. The van der Waals surface area contributed by atoms with E-state index >= 15 is 0 Å². The third kappa shape index (κ3) is 5.06. The number of carbonyl (C=O) groups is 3. The summed E-state index contributed by atoms with van der Waals surface area (Å²) in [4.78, 5) is 48.6. The largest absolute Gasteiger partial charge is 0.496 e. The molecule has 2 heterocycles. The molecular formula is C23H16FN3O7S. The summed E-state index contributed by atoms with van der Waals surface area (Å²) in [6.45, 7) is -0.593. The highest BCUT2D eigenvalue weighted by molar-refractivity contribution is 8.18. The number of nitro groups is 1. The first kappa shape index (κ1) is 23.7. The quantitative estimate of drug-likeness (QED) is 0.283. The molecule has 3 amide bonds. The minimum atomic E-state index is -0.739. The summed E-state index contributed by atoms with van der Waals surface area (Å²) in [5, 5.41) is 12.8. The molecule has 2 aromatic carbocycles. The molecule has 178 valence electrons. The number of benzene rings is 2. The number of nitrogens with zero attached hydrogens (tertiary/aromatic N) is 2. The van der Waals surface area contributed by atoms with Crippen molar-refractivity contribution in [3.8, 4) is 17.1 Å². The predicted molar refractivity (Wildman–Crippen MR) is 125 cm³/mol. The van der Waals surface area contributed by atoms with Crippen LogP contribution < -0.4 is 10.1 Å². The molecule has 0 aliphatic carbocycles. The van der Waals surface area contributed by atoms with Crippen LogP contribution in [0.2, 0.25) is 0 Å². The van der Waals surface area contributed by atoms with E-state index in [1.807, 2.05) is 0 Å². The second kappa shape index (κ2) is 9.81. The molecule has 1 N–H and O–H groups in total. The van der Waals surface area contributed by atoms with E-state index in [2.05, 4.69) is 5.32 Å². The van der Waals surface area contributed by atoms with Gasteiger partial charge in [-0.05, 0) is 42.1 Å². The van der Waals surface area contributed by atoms with Gasteiger partial charge in [-0.15, -0.1) is 0 Å². The van der Waals surface area contributed by atoms with Gasteiger partial charge in [-0.3, -0.25) is 29.4 Å². The lowest BCUT2D eigenvalue weighted by molar-refractivity contribution is -0.384. The highest BCUT2D eigenvalue weighted by Crippen LogP contribution is 2.36. The molecule has 35 heavy (non-hydrogen) atoms. The van der Waals surface area contributed by atoms with Gasteiger partial charge in [0.05, 0.1) is 28.2 Å². The lowest BCUT2D eigenvalue weighted by Gasteiger charge is -2.12. The van der Waals surface area contributed by atoms with Crippen LogP contribution in [0.3, 0.4) is 0 Å². The van der Waals surface area contributed by atoms with Gasteiger partial charge in [-0.1, -0.05) is 12.1 Å². The molecule has 0 bridgehead atoms. The summed E-state index contributed by atoms with van der Waals surface area (Å²) in [5.74, 6) is -1.30. The fourth-order valence-electron chi connectivity index (χ4n) is 3.24. The Labute approximate surface area is 201 Å². The van der Waals surface area contributed by atoms with E-state index in [-0.39, 0.29) is 27.8 Å². The lowest BCUT2D eigenvalue weighted by atomic mass is 10.1. The maximum atomic E-state index is 13.7. The van der Waals surface area contributed by atoms with E-state index in [9.17, 15) is 28.9 Å². The average Bonchev–Trinajstić information content (AvgIpc) is 3.40. The van der Waals surface area contributed by atoms with Crippen molar-refractivity contribution >= 4 is 46.3 Å². The number of methoxy groups -OCH3 is 1. The van der Waals surface area contributed by atoms with Crippen molar-refractivity contribution in [2.24, 2.45) is 0 Å². The molecule has 0 spiro atoms. The number of thioether (sulfide) groups is 1. The minimum Gasteiger partial charge on any atom is -0.496 e.